The van der Waals surface area contributed by atoms with Gasteiger partial charge in [-0.1, -0.05) is 6.92 Å². The van der Waals surface area contributed by atoms with Crippen molar-refractivity contribution in [2.45, 2.75) is 19.8 Å². The summed E-state index contributed by atoms with van der Waals surface area (Å²) < 4.78 is 29.9. The Morgan fingerprint density at radius 3 is 2.52 bits per heavy atom. The minimum Gasteiger partial charge on any atom is -0.373 e. The number of fused-ring (bicyclic) bond motifs is 1. The number of nitrogens with one attached hydrogen (secondary N) is 2. The summed E-state index contributed by atoms with van der Waals surface area (Å²) in [6.45, 7) is 4.65. The van der Waals surface area contributed by atoms with E-state index >= 15 is 0 Å². The Bertz CT molecular complexity index is 1320. The molecule has 0 saturated carbocycles. The monoisotopic (exact) mass is 447 g/mol. The van der Waals surface area contributed by atoms with Gasteiger partial charge in [0.15, 0.2) is 0 Å². The third-order valence-electron chi connectivity index (χ3n) is 5.70. The fourth-order valence-corrected chi connectivity index (χ4v) is 4.14. The molecular weight excluding hydrogens is 424 g/mol. The molecule has 9 heteroatoms. The van der Waals surface area contributed by atoms with E-state index in [0.29, 0.717) is 29.7 Å². The van der Waals surface area contributed by atoms with Gasteiger partial charge in [-0.2, -0.15) is 9.97 Å². The first kappa shape index (κ1) is 20.9. The minimum absolute atomic E-state index is 0.178. The maximum Gasteiger partial charge on any atom is 0.231 e. The van der Waals surface area contributed by atoms with Gasteiger partial charge in [0.1, 0.15) is 23.3 Å². The molecule has 2 aromatic carbocycles. The molecule has 0 spiro atoms. The lowest BCUT2D eigenvalue weighted by Crippen LogP contribution is -2.16. The second-order valence-electron chi connectivity index (χ2n) is 8.08. The molecule has 1 atom stereocenters. The highest BCUT2D eigenvalue weighted by Crippen LogP contribution is 2.43. The summed E-state index contributed by atoms with van der Waals surface area (Å²) in [5.74, 6) is 1.27. The number of imidazole rings is 1. The van der Waals surface area contributed by atoms with Crippen molar-refractivity contribution in [2.24, 2.45) is 0 Å². The fourth-order valence-electron chi connectivity index (χ4n) is 4.14. The summed E-state index contributed by atoms with van der Waals surface area (Å²) in [5.41, 5.74) is 3.57. The minimum atomic E-state index is -0.394. The fraction of sp³-hybridized carbons (Fsp3) is 0.208. The first-order valence-electron chi connectivity index (χ1n) is 10.6. The smallest absolute Gasteiger partial charge is 0.231 e. The third-order valence-corrected chi connectivity index (χ3v) is 5.70. The van der Waals surface area contributed by atoms with E-state index in [-0.39, 0.29) is 11.7 Å². The van der Waals surface area contributed by atoms with Crippen molar-refractivity contribution < 1.29 is 8.78 Å². The molecule has 0 saturated heterocycles. The van der Waals surface area contributed by atoms with Crippen LogP contribution in [0.4, 0.5) is 37.7 Å². The number of halogens is 2. The largest absolute Gasteiger partial charge is 0.373 e. The lowest BCUT2D eigenvalue weighted by Gasteiger charge is -2.19. The summed E-state index contributed by atoms with van der Waals surface area (Å²) in [6.07, 6.45) is 3.34. The van der Waals surface area contributed by atoms with Gasteiger partial charge >= 0.3 is 0 Å². The quantitative estimate of drug-likeness (QED) is 0.433. The van der Waals surface area contributed by atoms with Crippen LogP contribution in [0.2, 0.25) is 0 Å². The summed E-state index contributed by atoms with van der Waals surface area (Å²) in [4.78, 5) is 15.5. The molecule has 2 aromatic heterocycles. The first-order chi connectivity index (χ1) is 15.9. The molecule has 0 fully saturated rings. The maximum absolute atomic E-state index is 14.8. The second kappa shape index (κ2) is 8.16. The number of aromatic nitrogens is 4. The highest BCUT2D eigenvalue weighted by Gasteiger charge is 2.32. The van der Waals surface area contributed by atoms with E-state index in [1.54, 1.807) is 48.4 Å². The molecule has 3 heterocycles. The van der Waals surface area contributed by atoms with E-state index in [0.717, 1.165) is 22.8 Å². The van der Waals surface area contributed by atoms with Gasteiger partial charge in [-0.3, -0.25) is 0 Å². The second-order valence-corrected chi connectivity index (χ2v) is 8.08. The normalized spacial score (nSPS) is 14.9. The van der Waals surface area contributed by atoms with E-state index < -0.39 is 5.82 Å². The molecule has 2 N–H and O–H groups in total. The Morgan fingerprint density at radius 2 is 1.85 bits per heavy atom. The van der Waals surface area contributed by atoms with Crippen LogP contribution in [0.25, 0.3) is 5.69 Å². The molecule has 0 amide bonds. The van der Waals surface area contributed by atoms with Crippen molar-refractivity contribution in [1.82, 2.24) is 19.5 Å². The van der Waals surface area contributed by atoms with Crippen LogP contribution in [0.1, 0.15) is 24.1 Å². The lowest BCUT2D eigenvalue weighted by atomic mass is 10.1. The molecule has 168 valence electrons. The molecule has 0 unspecified atom stereocenters. The topological polar surface area (TPSA) is 70.9 Å². The predicted molar refractivity (Wildman–Crippen MR) is 125 cm³/mol. The summed E-state index contributed by atoms with van der Waals surface area (Å²) in [5, 5.41) is 6.26. The molecule has 0 aliphatic carbocycles. The van der Waals surface area contributed by atoms with Gasteiger partial charge in [-0.25, -0.2) is 13.8 Å². The number of rotatable bonds is 5. The van der Waals surface area contributed by atoms with Crippen molar-refractivity contribution >= 4 is 29.0 Å². The third kappa shape index (κ3) is 3.86. The number of hydrogen-bond donors (Lipinski definition) is 2. The maximum atomic E-state index is 14.8. The first-order valence-corrected chi connectivity index (χ1v) is 10.6. The van der Waals surface area contributed by atoms with Crippen molar-refractivity contribution in [2.75, 3.05) is 29.1 Å². The highest BCUT2D eigenvalue weighted by molar-refractivity contribution is 5.75. The van der Waals surface area contributed by atoms with Crippen molar-refractivity contribution in [3.05, 3.63) is 77.9 Å². The van der Waals surface area contributed by atoms with Gasteiger partial charge in [0.25, 0.3) is 0 Å². The van der Waals surface area contributed by atoms with Gasteiger partial charge in [0.2, 0.25) is 5.95 Å². The van der Waals surface area contributed by atoms with Crippen LogP contribution >= 0.6 is 0 Å². The van der Waals surface area contributed by atoms with Crippen LogP contribution in [0.3, 0.4) is 0 Å². The zero-order chi connectivity index (χ0) is 23.1. The SMILES string of the molecule is CNc1nc(Nc2ccc(-n3cnc(C)c3)c(F)c2)nc2c1[C@@H](C)CN2c1ccc(F)cc1. The molecular formula is C24H23F2N7. The number of hydrogen-bond acceptors (Lipinski definition) is 6. The van der Waals surface area contributed by atoms with E-state index in [1.165, 1.54) is 18.2 Å². The van der Waals surface area contributed by atoms with Crippen molar-refractivity contribution in [3.63, 3.8) is 0 Å². The molecule has 33 heavy (non-hydrogen) atoms. The number of nitrogens with zero attached hydrogens (tertiary/aromatic N) is 5. The van der Waals surface area contributed by atoms with E-state index in [2.05, 4.69) is 27.5 Å². The summed E-state index contributed by atoms with van der Waals surface area (Å²) in [6, 6.07) is 11.2. The van der Waals surface area contributed by atoms with E-state index in [4.69, 9.17) is 4.98 Å². The predicted octanol–water partition coefficient (Wildman–Crippen LogP) is 5.29. The van der Waals surface area contributed by atoms with Gasteiger partial charge in [-0.05, 0) is 49.4 Å². The van der Waals surface area contributed by atoms with Crippen LogP contribution in [0.15, 0.2) is 55.0 Å². The van der Waals surface area contributed by atoms with Gasteiger partial charge in [0.05, 0.1) is 17.7 Å². The van der Waals surface area contributed by atoms with Gasteiger partial charge in [-0.15, -0.1) is 0 Å². The highest BCUT2D eigenvalue weighted by atomic mass is 19.1. The standard InChI is InChI=1S/C24H23F2N7/c1-14-11-33(18-7-4-16(25)5-8-18)23-21(14)22(27-3)30-24(31-23)29-17-6-9-20(19(26)10-17)32-12-15(2)28-13-32/h4-10,12-14H,11H2,1-3H3,(H2,27,29,30,31)/t14-/m0/s1. The molecule has 1 aliphatic rings. The van der Waals surface area contributed by atoms with Crippen LogP contribution < -0.4 is 15.5 Å². The van der Waals surface area contributed by atoms with Crippen LogP contribution in [-0.2, 0) is 0 Å². The van der Waals surface area contributed by atoms with Gasteiger partial charge in [0, 0.05) is 42.6 Å². The molecule has 0 bridgehead atoms. The number of benzene rings is 2. The Labute approximate surface area is 190 Å². The zero-order valence-corrected chi connectivity index (χ0v) is 18.5. The Morgan fingerprint density at radius 1 is 1.06 bits per heavy atom. The average Bonchev–Trinajstić information content (AvgIpc) is 3.37. The van der Waals surface area contributed by atoms with Crippen molar-refractivity contribution in [1.29, 1.82) is 0 Å². The zero-order valence-electron chi connectivity index (χ0n) is 18.5. The average molecular weight is 447 g/mol. The molecule has 0 radical (unpaired) electrons. The number of aryl methyl sites for hydroxylation is 1. The Kier molecular flexibility index (Phi) is 5.16. The van der Waals surface area contributed by atoms with Gasteiger partial charge < -0.3 is 20.1 Å². The molecule has 4 aromatic rings. The summed E-state index contributed by atoms with van der Waals surface area (Å²) in [7, 11) is 1.81. The summed E-state index contributed by atoms with van der Waals surface area (Å²) >= 11 is 0. The Balaban J connectivity index is 1.49. The Hall–Kier alpha value is -4.01. The van der Waals surface area contributed by atoms with E-state index in [1.807, 2.05) is 11.8 Å². The molecule has 5 rings (SSSR count). The molecule has 1 aliphatic heterocycles. The van der Waals surface area contributed by atoms with Crippen molar-refractivity contribution in [3.8, 4) is 5.69 Å². The number of anilines is 5. The van der Waals surface area contributed by atoms with Crippen LogP contribution in [0, 0.1) is 18.6 Å². The van der Waals surface area contributed by atoms with E-state index in [9.17, 15) is 8.78 Å². The van der Waals surface area contributed by atoms with Crippen LogP contribution in [0.5, 0.6) is 0 Å². The van der Waals surface area contributed by atoms with Crippen LogP contribution in [-0.4, -0.2) is 33.1 Å². The lowest BCUT2D eigenvalue weighted by molar-refractivity contribution is 0.618. The molecule has 7 nitrogen and oxygen atoms in total.